The average Bonchev–Trinajstić information content (AvgIpc) is 3.02. The highest BCUT2D eigenvalue weighted by Gasteiger charge is 2.33. The molecule has 0 aromatic heterocycles. The summed E-state index contributed by atoms with van der Waals surface area (Å²) in [6.45, 7) is 11.7. The number of benzene rings is 1. The molecular formula is C21H34N4O3. The predicted molar refractivity (Wildman–Crippen MR) is 110 cm³/mol. The molecule has 7 nitrogen and oxygen atoms in total. The third-order valence-corrected chi connectivity index (χ3v) is 5.73. The van der Waals surface area contributed by atoms with Crippen LogP contribution in [0.2, 0.25) is 0 Å². The minimum absolute atomic E-state index is 0.103. The third-order valence-electron chi connectivity index (χ3n) is 5.73. The summed E-state index contributed by atoms with van der Waals surface area (Å²) < 4.78 is 0. The molecule has 2 N–H and O–H groups in total. The van der Waals surface area contributed by atoms with Crippen molar-refractivity contribution >= 4 is 12.5 Å². The van der Waals surface area contributed by atoms with Gasteiger partial charge in [-0.25, -0.2) is 4.79 Å². The predicted octanol–water partition coefficient (Wildman–Crippen LogP) is 1.86. The molecule has 1 unspecified atom stereocenters. The molecule has 28 heavy (non-hydrogen) atoms. The number of carbonyl (C=O) groups excluding carboxylic acids is 1. The van der Waals surface area contributed by atoms with Gasteiger partial charge in [0.25, 0.3) is 6.47 Å². The van der Waals surface area contributed by atoms with Gasteiger partial charge >= 0.3 is 6.03 Å². The van der Waals surface area contributed by atoms with E-state index in [1.165, 1.54) is 11.1 Å². The van der Waals surface area contributed by atoms with Crippen molar-refractivity contribution in [2.75, 3.05) is 52.9 Å². The standard InChI is InChI=1S/C20H32N4O.CH2O2/c1-17-6-4-5-7-18(17)14-23-10-12-24(13-11-23)19(25)21-15-20(2)8-9-22(3)16-20;2-1-3/h4-7H,8-16H2,1-3H3,(H,21,25);1H,(H,2,3). The Bertz CT molecular complexity index is 646. The first-order valence-electron chi connectivity index (χ1n) is 9.93. The number of hydrogen-bond donors (Lipinski definition) is 2. The number of rotatable bonds is 4. The van der Waals surface area contributed by atoms with Crippen LogP contribution in [0.5, 0.6) is 0 Å². The van der Waals surface area contributed by atoms with E-state index in [4.69, 9.17) is 9.90 Å². The van der Waals surface area contributed by atoms with Gasteiger partial charge in [-0.1, -0.05) is 31.2 Å². The molecule has 1 aromatic carbocycles. The second-order valence-corrected chi connectivity index (χ2v) is 8.25. The molecule has 0 spiro atoms. The summed E-state index contributed by atoms with van der Waals surface area (Å²) in [4.78, 5) is 27.6. The molecule has 2 heterocycles. The van der Waals surface area contributed by atoms with Crippen LogP contribution < -0.4 is 5.32 Å². The summed E-state index contributed by atoms with van der Waals surface area (Å²) in [5, 5.41) is 10.1. The minimum atomic E-state index is -0.250. The van der Waals surface area contributed by atoms with E-state index in [0.717, 1.165) is 58.8 Å². The molecule has 7 heteroatoms. The normalized spacial score (nSPS) is 23.0. The van der Waals surface area contributed by atoms with Gasteiger partial charge in [0.05, 0.1) is 0 Å². The largest absolute Gasteiger partial charge is 0.483 e. The first-order valence-corrected chi connectivity index (χ1v) is 9.93. The summed E-state index contributed by atoms with van der Waals surface area (Å²) in [5.74, 6) is 0. The molecule has 0 bridgehead atoms. The van der Waals surface area contributed by atoms with Crippen molar-refractivity contribution in [3.8, 4) is 0 Å². The second kappa shape index (κ2) is 10.4. The quantitative estimate of drug-likeness (QED) is 0.768. The van der Waals surface area contributed by atoms with Crippen LogP contribution in [0, 0.1) is 12.3 Å². The summed E-state index contributed by atoms with van der Waals surface area (Å²) in [6.07, 6.45) is 1.16. The molecule has 156 valence electrons. The van der Waals surface area contributed by atoms with Gasteiger partial charge < -0.3 is 20.2 Å². The zero-order valence-corrected chi connectivity index (χ0v) is 17.4. The van der Waals surface area contributed by atoms with Crippen LogP contribution in [0.3, 0.4) is 0 Å². The van der Waals surface area contributed by atoms with Crippen molar-refractivity contribution in [3.63, 3.8) is 0 Å². The lowest BCUT2D eigenvalue weighted by Gasteiger charge is -2.35. The number of hydrogen-bond acceptors (Lipinski definition) is 4. The van der Waals surface area contributed by atoms with Crippen LogP contribution in [0.15, 0.2) is 24.3 Å². The number of piperazine rings is 1. The maximum Gasteiger partial charge on any atom is 0.317 e. The van der Waals surface area contributed by atoms with E-state index in [9.17, 15) is 4.79 Å². The smallest absolute Gasteiger partial charge is 0.317 e. The van der Waals surface area contributed by atoms with E-state index < -0.39 is 0 Å². The first kappa shape index (κ1) is 22.2. The number of likely N-dealkylation sites (tertiary alicyclic amines) is 1. The Balaban J connectivity index is 0.000000878. The van der Waals surface area contributed by atoms with E-state index in [1.54, 1.807) is 0 Å². The van der Waals surface area contributed by atoms with Crippen molar-refractivity contribution in [1.82, 2.24) is 20.0 Å². The Kier molecular flexibility index (Phi) is 8.26. The number of nitrogens with zero attached hydrogens (tertiary/aromatic N) is 3. The maximum atomic E-state index is 12.5. The molecule has 1 atom stereocenters. The maximum absolute atomic E-state index is 12.5. The molecule has 2 fully saturated rings. The highest BCUT2D eigenvalue weighted by molar-refractivity contribution is 5.74. The molecule has 1 aromatic rings. The molecule has 0 radical (unpaired) electrons. The highest BCUT2D eigenvalue weighted by Crippen LogP contribution is 2.27. The molecule has 2 amide bonds. The molecule has 0 saturated carbocycles. The van der Waals surface area contributed by atoms with Crippen LogP contribution >= 0.6 is 0 Å². The van der Waals surface area contributed by atoms with Crippen molar-refractivity contribution in [1.29, 1.82) is 0 Å². The SMILES string of the molecule is Cc1ccccc1CN1CCN(C(=O)NCC2(C)CCN(C)C2)CC1.O=CO. The lowest BCUT2D eigenvalue weighted by Crippen LogP contribution is -2.52. The van der Waals surface area contributed by atoms with Gasteiger partial charge in [0.2, 0.25) is 0 Å². The van der Waals surface area contributed by atoms with Crippen LogP contribution in [-0.4, -0.2) is 85.2 Å². The third kappa shape index (κ3) is 6.49. The summed E-state index contributed by atoms with van der Waals surface area (Å²) in [6, 6.07) is 8.66. The van der Waals surface area contributed by atoms with Crippen LogP contribution in [0.4, 0.5) is 4.79 Å². The van der Waals surface area contributed by atoms with E-state index in [0.29, 0.717) is 0 Å². The first-order chi connectivity index (χ1) is 13.4. The highest BCUT2D eigenvalue weighted by atomic mass is 16.3. The van der Waals surface area contributed by atoms with E-state index in [2.05, 4.69) is 60.3 Å². The number of amides is 2. The van der Waals surface area contributed by atoms with Crippen molar-refractivity contribution in [2.45, 2.75) is 26.8 Å². The molecule has 0 aliphatic carbocycles. The van der Waals surface area contributed by atoms with Crippen molar-refractivity contribution in [3.05, 3.63) is 35.4 Å². The summed E-state index contributed by atoms with van der Waals surface area (Å²) in [5.41, 5.74) is 2.95. The van der Waals surface area contributed by atoms with Crippen LogP contribution in [-0.2, 0) is 11.3 Å². The Labute approximate surface area is 168 Å². The summed E-state index contributed by atoms with van der Waals surface area (Å²) in [7, 11) is 2.15. The Hall–Kier alpha value is -2.12. The van der Waals surface area contributed by atoms with E-state index in [-0.39, 0.29) is 17.9 Å². The van der Waals surface area contributed by atoms with Crippen molar-refractivity contribution < 1.29 is 14.7 Å². The van der Waals surface area contributed by atoms with Crippen LogP contribution in [0.1, 0.15) is 24.5 Å². The number of carbonyl (C=O) groups is 2. The van der Waals surface area contributed by atoms with Gasteiger partial charge in [-0.15, -0.1) is 0 Å². The van der Waals surface area contributed by atoms with Crippen LogP contribution in [0.25, 0.3) is 0 Å². The monoisotopic (exact) mass is 390 g/mol. The summed E-state index contributed by atoms with van der Waals surface area (Å²) >= 11 is 0. The van der Waals surface area contributed by atoms with Gasteiger partial charge in [-0.05, 0) is 43.5 Å². The minimum Gasteiger partial charge on any atom is -0.483 e. The average molecular weight is 391 g/mol. The molecule has 2 aliphatic heterocycles. The topological polar surface area (TPSA) is 76.1 Å². The van der Waals surface area contributed by atoms with Gasteiger partial charge in [0.15, 0.2) is 0 Å². The fraction of sp³-hybridized carbons (Fsp3) is 0.619. The fourth-order valence-corrected chi connectivity index (χ4v) is 3.95. The molecule has 2 aliphatic rings. The zero-order valence-electron chi connectivity index (χ0n) is 17.4. The Morgan fingerprint density at radius 3 is 2.43 bits per heavy atom. The Morgan fingerprint density at radius 2 is 1.86 bits per heavy atom. The number of carboxylic acid groups (broad SMARTS) is 1. The lowest BCUT2D eigenvalue weighted by atomic mass is 9.90. The Morgan fingerprint density at radius 1 is 1.21 bits per heavy atom. The van der Waals surface area contributed by atoms with Gasteiger partial charge in [0, 0.05) is 45.8 Å². The molecular weight excluding hydrogens is 356 g/mol. The molecule has 2 saturated heterocycles. The zero-order chi connectivity index (χ0) is 20.6. The number of urea groups is 1. The number of aryl methyl sites for hydroxylation is 1. The van der Waals surface area contributed by atoms with E-state index in [1.807, 2.05) is 4.90 Å². The van der Waals surface area contributed by atoms with E-state index >= 15 is 0 Å². The van der Waals surface area contributed by atoms with Gasteiger partial charge in [-0.2, -0.15) is 0 Å². The lowest BCUT2D eigenvalue weighted by molar-refractivity contribution is -0.122. The fourth-order valence-electron chi connectivity index (χ4n) is 3.95. The second-order valence-electron chi connectivity index (χ2n) is 8.25. The molecule has 3 rings (SSSR count). The van der Waals surface area contributed by atoms with Crippen molar-refractivity contribution in [2.24, 2.45) is 5.41 Å². The van der Waals surface area contributed by atoms with Gasteiger partial charge in [-0.3, -0.25) is 9.69 Å². The number of nitrogens with one attached hydrogen (secondary N) is 1. The van der Waals surface area contributed by atoms with Gasteiger partial charge in [0.1, 0.15) is 0 Å².